The Morgan fingerprint density at radius 2 is 2.00 bits per heavy atom. The molecule has 0 amide bonds. The number of carbonyl (C=O) groups excluding carboxylic acids is 1. The van der Waals surface area contributed by atoms with Crippen molar-refractivity contribution in [2.45, 2.75) is 0 Å². The van der Waals surface area contributed by atoms with Gasteiger partial charge >= 0.3 is 5.97 Å². The summed E-state index contributed by atoms with van der Waals surface area (Å²) >= 11 is 12.5. The summed E-state index contributed by atoms with van der Waals surface area (Å²) in [5.74, 6) is -0.396. The van der Waals surface area contributed by atoms with Crippen LogP contribution in [0.3, 0.4) is 0 Å². The van der Waals surface area contributed by atoms with Gasteiger partial charge in [-0.25, -0.2) is 9.79 Å². The second kappa shape index (κ2) is 6.47. The molecular weight excluding hydrogens is 449 g/mol. The highest BCUT2D eigenvalue weighted by atomic mass is 79.9. The maximum absolute atomic E-state index is 12.0. The van der Waals surface area contributed by atoms with Gasteiger partial charge in [0.25, 0.3) is 0 Å². The number of esters is 1. The summed E-state index contributed by atoms with van der Waals surface area (Å²) in [7, 11) is 0. The molecule has 0 spiro atoms. The number of phenolic OH excluding ortho intramolecular Hbond substituents is 1. The Morgan fingerprint density at radius 3 is 2.74 bits per heavy atom. The second-order valence-corrected chi connectivity index (χ2v) is 6.88. The molecule has 1 N–H and O–H groups in total. The molecule has 0 saturated carbocycles. The van der Waals surface area contributed by atoms with E-state index in [1.807, 2.05) is 0 Å². The van der Waals surface area contributed by atoms with Crippen LogP contribution in [-0.4, -0.2) is 17.0 Å². The Hall–Kier alpha value is -1.63. The van der Waals surface area contributed by atoms with Crippen molar-refractivity contribution in [3.63, 3.8) is 0 Å². The Balaban J connectivity index is 2.02. The Labute approximate surface area is 153 Å². The van der Waals surface area contributed by atoms with Crippen LogP contribution in [0.5, 0.6) is 5.75 Å². The molecular formula is C16H8Br2ClNO3. The van der Waals surface area contributed by atoms with Crippen molar-refractivity contribution in [1.82, 2.24) is 0 Å². The van der Waals surface area contributed by atoms with Gasteiger partial charge in [-0.15, -0.1) is 0 Å². The lowest BCUT2D eigenvalue weighted by atomic mass is 10.1. The third-order valence-corrected chi connectivity index (χ3v) is 4.34. The molecule has 3 rings (SSSR count). The third-order valence-electron chi connectivity index (χ3n) is 3.04. The van der Waals surface area contributed by atoms with E-state index in [0.717, 1.165) is 4.47 Å². The summed E-state index contributed by atoms with van der Waals surface area (Å²) < 4.78 is 6.42. The minimum Gasteiger partial charge on any atom is -0.506 e. The number of benzene rings is 2. The van der Waals surface area contributed by atoms with Crippen LogP contribution in [0.4, 0.5) is 0 Å². The molecule has 1 aliphatic rings. The average molecular weight is 458 g/mol. The maximum Gasteiger partial charge on any atom is 0.363 e. The molecule has 1 aliphatic heterocycles. The molecule has 0 atom stereocenters. The summed E-state index contributed by atoms with van der Waals surface area (Å²) in [6.45, 7) is 0. The number of ether oxygens (including phenoxy) is 1. The number of hydrogen-bond acceptors (Lipinski definition) is 4. The van der Waals surface area contributed by atoms with E-state index >= 15 is 0 Å². The molecule has 0 unspecified atom stereocenters. The number of nitrogens with zero attached hydrogens (tertiary/aromatic N) is 1. The quantitative estimate of drug-likeness (QED) is 0.515. The zero-order valence-corrected chi connectivity index (χ0v) is 15.3. The molecule has 0 radical (unpaired) electrons. The first-order valence-electron chi connectivity index (χ1n) is 6.40. The van der Waals surface area contributed by atoms with Crippen molar-refractivity contribution in [2.75, 3.05) is 0 Å². The zero-order chi connectivity index (χ0) is 16.6. The predicted molar refractivity (Wildman–Crippen MR) is 95.6 cm³/mol. The molecule has 2 aromatic carbocycles. The van der Waals surface area contributed by atoms with Gasteiger partial charge in [-0.2, -0.15) is 0 Å². The van der Waals surface area contributed by atoms with E-state index < -0.39 is 5.97 Å². The fourth-order valence-electron chi connectivity index (χ4n) is 2.00. The van der Waals surface area contributed by atoms with Crippen molar-refractivity contribution >= 4 is 61.4 Å². The minimum absolute atomic E-state index is 0.0138. The topological polar surface area (TPSA) is 58.9 Å². The minimum atomic E-state index is -0.588. The van der Waals surface area contributed by atoms with Crippen LogP contribution in [-0.2, 0) is 9.53 Å². The van der Waals surface area contributed by atoms with Gasteiger partial charge in [0.1, 0.15) is 5.75 Å². The number of rotatable bonds is 2. The summed E-state index contributed by atoms with van der Waals surface area (Å²) in [6.07, 6.45) is 1.46. The first-order chi connectivity index (χ1) is 10.9. The fourth-order valence-corrected chi connectivity index (χ4v) is 3.45. The van der Waals surface area contributed by atoms with E-state index in [2.05, 4.69) is 36.9 Å². The first kappa shape index (κ1) is 16.2. The number of carbonyl (C=O) groups is 1. The van der Waals surface area contributed by atoms with Gasteiger partial charge in [0.2, 0.25) is 5.90 Å². The molecule has 0 fully saturated rings. The van der Waals surface area contributed by atoms with Crippen molar-refractivity contribution in [3.8, 4) is 5.75 Å². The standard InChI is InChI=1S/C16H8Br2ClNO3/c17-10-4-9(14(21)12(18)7-10)6-13-16(22)23-15(20-13)8-2-1-3-11(19)5-8/h1-7,21H/b13-6+. The first-order valence-corrected chi connectivity index (χ1v) is 8.37. The number of aliphatic imine (C=N–C) groups is 1. The molecule has 7 heteroatoms. The number of cyclic esters (lactones) is 1. The van der Waals surface area contributed by atoms with E-state index in [0.29, 0.717) is 20.6 Å². The van der Waals surface area contributed by atoms with Gasteiger partial charge in [-0.05, 0) is 52.3 Å². The lowest BCUT2D eigenvalue weighted by Gasteiger charge is -2.03. The third kappa shape index (κ3) is 3.49. The molecule has 0 aliphatic carbocycles. The Bertz CT molecular complexity index is 878. The van der Waals surface area contributed by atoms with Crippen molar-refractivity contribution in [2.24, 2.45) is 4.99 Å². The fraction of sp³-hybridized carbons (Fsp3) is 0. The smallest absolute Gasteiger partial charge is 0.363 e. The molecule has 116 valence electrons. The van der Waals surface area contributed by atoms with Gasteiger partial charge in [0, 0.05) is 20.6 Å². The van der Waals surface area contributed by atoms with E-state index in [-0.39, 0.29) is 17.3 Å². The van der Waals surface area contributed by atoms with Crippen LogP contribution >= 0.6 is 43.5 Å². The maximum atomic E-state index is 12.0. The molecule has 4 nitrogen and oxygen atoms in total. The molecule has 0 aromatic heterocycles. The van der Waals surface area contributed by atoms with E-state index in [4.69, 9.17) is 16.3 Å². The van der Waals surface area contributed by atoms with Crippen LogP contribution < -0.4 is 0 Å². The van der Waals surface area contributed by atoms with Crippen LogP contribution in [0, 0.1) is 0 Å². The van der Waals surface area contributed by atoms with Crippen LogP contribution in [0.2, 0.25) is 5.02 Å². The number of aromatic hydroxyl groups is 1. The van der Waals surface area contributed by atoms with Crippen LogP contribution in [0.25, 0.3) is 6.08 Å². The SMILES string of the molecule is O=C1OC(c2cccc(Cl)c2)=N/C1=C/c1cc(Br)cc(Br)c1O. The molecule has 0 saturated heterocycles. The molecule has 0 bridgehead atoms. The largest absolute Gasteiger partial charge is 0.506 e. The molecule has 23 heavy (non-hydrogen) atoms. The van der Waals surface area contributed by atoms with E-state index in [1.165, 1.54) is 6.08 Å². The van der Waals surface area contributed by atoms with Crippen molar-refractivity contribution in [3.05, 3.63) is 67.2 Å². The number of phenols is 1. The Morgan fingerprint density at radius 1 is 1.22 bits per heavy atom. The average Bonchev–Trinajstić information content (AvgIpc) is 2.85. The van der Waals surface area contributed by atoms with Gasteiger partial charge < -0.3 is 9.84 Å². The summed E-state index contributed by atoms with van der Waals surface area (Å²) in [6, 6.07) is 10.2. The normalized spacial score (nSPS) is 15.7. The van der Waals surface area contributed by atoms with Crippen molar-refractivity contribution < 1.29 is 14.6 Å². The van der Waals surface area contributed by atoms with Gasteiger partial charge in [-0.3, -0.25) is 0 Å². The van der Waals surface area contributed by atoms with Crippen LogP contribution in [0.15, 0.2) is 56.0 Å². The lowest BCUT2D eigenvalue weighted by Crippen LogP contribution is -2.05. The summed E-state index contributed by atoms with van der Waals surface area (Å²) in [5.41, 5.74) is 1.14. The monoisotopic (exact) mass is 455 g/mol. The second-order valence-electron chi connectivity index (χ2n) is 4.67. The summed E-state index contributed by atoms with van der Waals surface area (Å²) in [4.78, 5) is 16.2. The predicted octanol–water partition coefficient (Wildman–Crippen LogP) is 4.92. The zero-order valence-electron chi connectivity index (χ0n) is 11.4. The highest BCUT2D eigenvalue weighted by molar-refractivity contribution is 9.11. The van der Waals surface area contributed by atoms with Gasteiger partial charge in [0.05, 0.1) is 4.47 Å². The summed E-state index contributed by atoms with van der Waals surface area (Å²) in [5, 5.41) is 10.6. The molecule has 2 aromatic rings. The number of hydrogen-bond donors (Lipinski definition) is 1. The van der Waals surface area contributed by atoms with E-state index in [1.54, 1.807) is 36.4 Å². The van der Waals surface area contributed by atoms with Crippen LogP contribution in [0.1, 0.15) is 11.1 Å². The van der Waals surface area contributed by atoms with Gasteiger partial charge in [0.15, 0.2) is 5.70 Å². The van der Waals surface area contributed by atoms with Crippen molar-refractivity contribution in [1.29, 1.82) is 0 Å². The highest BCUT2D eigenvalue weighted by Crippen LogP contribution is 2.34. The molecule has 1 heterocycles. The van der Waals surface area contributed by atoms with E-state index in [9.17, 15) is 9.90 Å². The lowest BCUT2D eigenvalue weighted by molar-refractivity contribution is -0.129. The van der Waals surface area contributed by atoms with Gasteiger partial charge in [-0.1, -0.05) is 33.6 Å². The Kier molecular flexibility index (Phi) is 4.57. The highest BCUT2D eigenvalue weighted by Gasteiger charge is 2.24. The number of halogens is 3.